The van der Waals surface area contributed by atoms with Crippen LogP contribution in [0, 0.1) is 5.92 Å². The lowest BCUT2D eigenvalue weighted by Crippen LogP contribution is -2.04. The Morgan fingerprint density at radius 3 is 3.07 bits per heavy atom. The molecule has 0 unspecified atom stereocenters. The number of nitrogens with zero attached hydrogens (tertiary/aromatic N) is 2. The Kier molecular flexibility index (Phi) is 2.48. The highest BCUT2D eigenvalue weighted by Crippen LogP contribution is 2.46. The number of hydrogen-bond donors (Lipinski definition) is 1. The van der Waals surface area contributed by atoms with Crippen LogP contribution in [0.25, 0.3) is 0 Å². The number of ether oxygens (including phenoxy) is 1. The summed E-state index contributed by atoms with van der Waals surface area (Å²) in [5.74, 6) is 0.624. The molecule has 1 fully saturated rings. The maximum absolute atomic E-state index is 11.3. The van der Waals surface area contributed by atoms with Crippen molar-refractivity contribution in [3.63, 3.8) is 0 Å². The first-order chi connectivity index (χ1) is 7.17. The molecule has 1 aliphatic carbocycles. The van der Waals surface area contributed by atoms with Crippen molar-refractivity contribution < 1.29 is 9.53 Å². The van der Waals surface area contributed by atoms with Crippen molar-refractivity contribution >= 4 is 5.97 Å². The molecule has 0 aliphatic heterocycles. The Balaban J connectivity index is 2.19. The number of methoxy groups -OCH3 is 1. The van der Waals surface area contributed by atoms with Crippen LogP contribution in [0.2, 0.25) is 0 Å². The number of rotatable bonds is 3. The van der Waals surface area contributed by atoms with Gasteiger partial charge in [0.2, 0.25) is 0 Å². The largest absolute Gasteiger partial charge is 0.464 e. The van der Waals surface area contributed by atoms with Gasteiger partial charge in [-0.3, -0.25) is 4.68 Å². The van der Waals surface area contributed by atoms with Crippen molar-refractivity contribution in [3.8, 4) is 0 Å². The normalized spacial score (nSPS) is 23.9. The topological polar surface area (TPSA) is 70.1 Å². The van der Waals surface area contributed by atoms with E-state index in [4.69, 9.17) is 5.73 Å². The van der Waals surface area contributed by atoms with E-state index in [1.54, 1.807) is 10.7 Å². The molecular formula is C10H15N3O2. The third kappa shape index (κ3) is 1.74. The minimum atomic E-state index is -0.387. The summed E-state index contributed by atoms with van der Waals surface area (Å²) in [5.41, 5.74) is 7.03. The lowest BCUT2D eigenvalue weighted by atomic mass is 10.2. The molecule has 0 spiro atoms. The minimum Gasteiger partial charge on any atom is -0.464 e. The van der Waals surface area contributed by atoms with E-state index in [0.29, 0.717) is 24.1 Å². The fourth-order valence-corrected chi connectivity index (χ4v) is 1.90. The Hall–Kier alpha value is -1.36. The van der Waals surface area contributed by atoms with Gasteiger partial charge in [0.25, 0.3) is 0 Å². The summed E-state index contributed by atoms with van der Waals surface area (Å²) in [6.07, 6.45) is 1.09. The molecule has 15 heavy (non-hydrogen) atoms. The Morgan fingerprint density at radius 2 is 2.53 bits per heavy atom. The van der Waals surface area contributed by atoms with Gasteiger partial charge in [-0.25, -0.2) is 4.79 Å². The molecular weight excluding hydrogens is 194 g/mol. The average Bonchev–Trinajstić information content (AvgIpc) is 2.93. The van der Waals surface area contributed by atoms with Crippen LogP contribution in [0.4, 0.5) is 0 Å². The number of carbonyl (C=O) groups is 1. The molecule has 0 amide bonds. The minimum absolute atomic E-state index is 0.373. The van der Waals surface area contributed by atoms with Crippen LogP contribution in [-0.4, -0.2) is 29.4 Å². The van der Waals surface area contributed by atoms with Crippen LogP contribution in [0.15, 0.2) is 6.07 Å². The molecule has 2 atom stereocenters. The molecule has 1 heterocycles. The van der Waals surface area contributed by atoms with Gasteiger partial charge >= 0.3 is 5.97 Å². The molecule has 0 aromatic carbocycles. The van der Waals surface area contributed by atoms with Crippen molar-refractivity contribution in [3.05, 3.63) is 17.5 Å². The number of nitrogens with two attached hydrogens (primary N) is 1. The molecule has 2 rings (SSSR count). The summed E-state index contributed by atoms with van der Waals surface area (Å²) in [5, 5.41) is 4.11. The van der Waals surface area contributed by atoms with Crippen LogP contribution in [0.3, 0.4) is 0 Å². The quantitative estimate of drug-likeness (QED) is 0.725. The van der Waals surface area contributed by atoms with E-state index in [1.807, 2.05) is 7.05 Å². The highest BCUT2D eigenvalue weighted by molar-refractivity contribution is 5.87. The van der Waals surface area contributed by atoms with E-state index in [-0.39, 0.29) is 5.97 Å². The Labute approximate surface area is 88.2 Å². The predicted molar refractivity (Wildman–Crippen MR) is 54.4 cm³/mol. The smallest absolute Gasteiger partial charge is 0.358 e. The van der Waals surface area contributed by atoms with Crippen molar-refractivity contribution in [2.24, 2.45) is 18.7 Å². The van der Waals surface area contributed by atoms with Gasteiger partial charge in [-0.15, -0.1) is 0 Å². The summed E-state index contributed by atoms with van der Waals surface area (Å²) in [6.45, 7) is 0.698. The Bertz CT molecular complexity index is 386. The number of carbonyl (C=O) groups excluding carboxylic acids is 1. The summed E-state index contributed by atoms with van der Waals surface area (Å²) >= 11 is 0. The summed E-state index contributed by atoms with van der Waals surface area (Å²) < 4.78 is 6.36. The van der Waals surface area contributed by atoms with Crippen molar-refractivity contribution in [1.29, 1.82) is 0 Å². The standard InChI is InChI=1S/C10H15N3O2/c1-13-9(7-3-6(7)5-11)4-8(12-13)10(14)15-2/h4,6-7H,3,5,11H2,1-2H3/t6-,7+/m0/s1. The van der Waals surface area contributed by atoms with Crippen LogP contribution in [-0.2, 0) is 11.8 Å². The molecule has 0 radical (unpaired) electrons. The van der Waals surface area contributed by atoms with Gasteiger partial charge in [0.1, 0.15) is 0 Å². The van der Waals surface area contributed by atoms with Crippen molar-refractivity contribution in [1.82, 2.24) is 9.78 Å². The van der Waals surface area contributed by atoms with E-state index >= 15 is 0 Å². The van der Waals surface area contributed by atoms with Gasteiger partial charge in [-0.05, 0) is 24.9 Å². The lowest BCUT2D eigenvalue weighted by Gasteiger charge is -1.97. The maximum Gasteiger partial charge on any atom is 0.358 e. The van der Waals surface area contributed by atoms with Gasteiger partial charge < -0.3 is 10.5 Å². The molecule has 0 bridgehead atoms. The molecule has 1 aromatic rings. The second-order valence-electron chi connectivity index (χ2n) is 3.91. The SMILES string of the molecule is COC(=O)c1cc([C@@H]2C[C@H]2CN)n(C)n1. The second-order valence-corrected chi connectivity index (χ2v) is 3.91. The Morgan fingerprint density at radius 1 is 1.80 bits per heavy atom. The molecule has 1 aliphatic rings. The number of aromatic nitrogens is 2. The first-order valence-electron chi connectivity index (χ1n) is 4.99. The molecule has 5 nitrogen and oxygen atoms in total. The van der Waals surface area contributed by atoms with E-state index < -0.39 is 0 Å². The average molecular weight is 209 g/mol. The van der Waals surface area contributed by atoms with Crippen LogP contribution in [0.5, 0.6) is 0 Å². The number of esters is 1. The van der Waals surface area contributed by atoms with E-state index in [9.17, 15) is 4.79 Å². The molecule has 82 valence electrons. The second kappa shape index (κ2) is 3.66. The zero-order valence-electron chi connectivity index (χ0n) is 8.93. The van der Waals surface area contributed by atoms with Gasteiger partial charge in [0.05, 0.1) is 7.11 Å². The van der Waals surface area contributed by atoms with Gasteiger partial charge in [-0.1, -0.05) is 0 Å². The summed E-state index contributed by atoms with van der Waals surface area (Å²) in [7, 11) is 3.20. The highest BCUT2D eigenvalue weighted by Gasteiger charge is 2.39. The molecule has 0 saturated heterocycles. The fourth-order valence-electron chi connectivity index (χ4n) is 1.90. The van der Waals surface area contributed by atoms with E-state index in [2.05, 4.69) is 9.84 Å². The van der Waals surface area contributed by atoms with Crippen LogP contribution in [0.1, 0.15) is 28.5 Å². The molecule has 1 saturated carbocycles. The first-order valence-corrected chi connectivity index (χ1v) is 4.99. The number of aryl methyl sites for hydroxylation is 1. The fraction of sp³-hybridized carbons (Fsp3) is 0.600. The first kappa shape index (κ1) is 10.2. The summed E-state index contributed by atoms with van der Waals surface area (Å²) in [4.78, 5) is 11.3. The zero-order chi connectivity index (χ0) is 11.0. The van der Waals surface area contributed by atoms with Crippen LogP contribution >= 0.6 is 0 Å². The highest BCUT2D eigenvalue weighted by atomic mass is 16.5. The zero-order valence-corrected chi connectivity index (χ0v) is 8.93. The van der Waals surface area contributed by atoms with Gasteiger partial charge in [0, 0.05) is 18.7 Å². The van der Waals surface area contributed by atoms with E-state index in [0.717, 1.165) is 12.1 Å². The van der Waals surface area contributed by atoms with Gasteiger partial charge in [0.15, 0.2) is 5.69 Å². The molecule has 5 heteroatoms. The monoisotopic (exact) mass is 209 g/mol. The van der Waals surface area contributed by atoms with Crippen molar-refractivity contribution in [2.75, 3.05) is 13.7 Å². The molecule has 1 aromatic heterocycles. The predicted octanol–water partition coefficient (Wildman–Crippen LogP) is 0.269. The number of hydrogen-bond acceptors (Lipinski definition) is 4. The molecule has 2 N–H and O–H groups in total. The summed E-state index contributed by atoms with van der Waals surface area (Å²) in [6, 6.07) is 1.80. The third-order valence-electron chi connectivity index (χ3n) is 2.92. The van der Waals surface area contributed by atoms with Crippen LogP contribution < -0.4 is 5.73 Å². The van der Waals surface area contributed by atoms with Crippen molar-refractivity contribution in [2.45, 2.75) is 12.3 Å². The van der Waals surface area contributed by atoms with Gasteiger partial charge in [-0.2, -0.15) is 5.10 Å². The third-order valence-corrected chi connectivity index (χ3v) is 2.92. The lowest BCUT2D eigenvalue weighted by molar-refractivity contribution is 0.0593. The van der Waals surface area contributed by atoms with E-state index in [1.165, 1.54) is 7.11 Å². The maximum atomic E-state index is 11.3.